The van der Waals surface area contributed by atoms with E-state index in [2.05, 4.69) is 10.3 Å². The number of aryl methyl sites for hydroxylation is 1. The van der Waals surface area contributed by atoms with E-state index in [-0.39, 0.29) is 51.4 Å². The molecule has 1 heterocycles. The molecule has 9 heteroatoms. The number of pyridine rings is 1. The second kappa shape index (κ2) is 11.0. The number of nitrogens with one attached hydrogen (secondary N) is 1. The van der Waals surface area contributed by atoms with Gasteiger partial charge in [0.15, 0.2) is 11.6 Å². The van der Waals surface area contributed by atoms with E-state index in [9.17, 15) is 29.6 Å². The Kier molecular flexibility index (Phi) is 7.61. The fraction of sp³-hybridized carbons (Fsp3) is 0.314. The lowest BCUT2D eigenvalue weighted by Crippen LogP contribution is -2.18. The number of carbonyl (C=O) groups excluding carboxylic acids is 3. The van der Waals surface area contributed by atoms with Crippen molar-refractivity contribution in [3.63, 3.8) is 0 Å². The first kappa shape index (κ1) is 30.5. The predicted octanol–water partition coefficient (Wildman–Crippen LogP) is 7.18. The smallest absolute Gasteiger partial charge is 0.270 e. The normalized spacial score (nSPS) is 15.0. The molecule has 1 aliphatic carbocycles. The number of fused-ring (bicyclic) bond motifs is 2. The summed E-state index contributed by atoms with van der Waals surface area (Å²) >= 11 is 0. The maximum Gasteiger partial charge on any atom is 0.270 e. The summed E-state index contributed by atoms with van der Waals surface area (Å²) in [5.41, 5.74) is 3.00. The molecule has 4 aromatic rings. The number of non-ortho nitro benzene ring substituents is 1. The van der Waals surface area contributed by atoms with Crippen LogP contribution in [0.1, 0.15) is 97.0 Å². The highest BCUT2D eigenvalue weighted by atomic mass is 16.6. The molecule has 226 valence electrons. The Bertz CT molecular complexity index is 1830. The largest absolute Gasteiger partial charge is 0.507 e. The van der Waals surface area contributed by atoms with Gasteiger partial charge >= 0.3 is 0 Å². The first-order valence-electron chi connectivity index (χ1n) is 14.5. The monoisotopic (exact) mass is 593 g/mol. The molecule has 1 aromatic heterocycles. The molecule has 1 unspecified atom stereocenters. The molecule has 44 heavy (non-hydrogen) atoms. The number of amides is 1. The summed E-state index contributed by atoms with van der Waals surface area (Å²) in [6.07, 6.45) is 0.638. The topological polar surface area (TPSA) is 140 Å². The minimum atomic E-state index is -1.22. The Hall–Kier alpha value is -4.92. The maximum absolute atomic E-state index is 13.2. The average Bonchev–Trinajstić information content (AvgIpc) is 3.20. The summed E-state index contributed by atoms with van der Waals surface area (Å²) in [4.78, 5) is 54.8. The molecule has 0 saturated heterocycles. The number of nitro groups is 1. The molecule has 3 aromatic carbocycles. The molecule has 0 fully saturated rings. The fourth-order valence-electron chi connectivity index (χ4n) is 5.64. The number of benzene rings is 3. The number of Topliss-reactive ketones (excluding diaryl/α,β-unsaturated/α-hetero) is 2. The van der Waals surface area contributed by atoms with Crippen molar-refractivity contribution in [2.24, 2.45) is 0 Å². The van der Waals surface area contributed by atoms with E-state index in [4.69, 9.17) is 0 Å². The van der Waals surface area contributed by atoms with Crippen LogP contribution in [0.25, 0.3) is 10.9 Å². The number of rotatable bonds is 6. The number of hydrogen-bond donors (Lipinski definition) is 2. The van der Waals surface area contributed by atoms with E-state index in [1.165, 1.54) is 12.1 Å². The zero-order chi connectivity index (χ0) is 32.1. The van der Waals surface area contributed by atoms with Crippen LogP contribution in [0.5, 0.6) is 5.75 Å². The maximum atomic E-state index is 13.2. The molecular formula is C35H35N3O6. The summed E-state index contributed by atoms with van der Waals surface area (Å²) < 4.78 is 0. The molecule has 0 aliphatic heterocycles. The number of carbonyl (C=O) groups is 3. The molecule has 9 nitrogen and oxygen atoms in total. The van der Waals surface area contributed by atoms with Crippen molar-refractivity contribution < 1.29 is 24.4 Å². The predicted molar refractivity (Wildman–Crippen MR) is 169 cm³/mol. The molecule has 0 saturated carbocycles. The second-order valence-electron chi connectivity index (χ2n) is 13.3. The van der Waals surface area contributed by atoms with Gasteiger partial charge in [-0.05, 0) is 52.1 Å². The molecule has 1 amide bonds. The molecule has 0 radical (unpaired) electrons. The molecule has 1 atom stereocenters. The third kappa shape index (κ3) is 5.69. The molecule has 5 rings (SSSR count). The third-order valence-corrected chi connectivity index (χ3v) is 8.01. The van der Waals surface area contributed by atoms with E-state index in [1.807, 2.05) is 59.7 Å². The van der Waals surface area contributed by atoms with Crippen LogP contribution in [0.3, 0.4) is 0 Å². The number of aromatic hydroxyl groups is 1. The minimum absolute atomic E-state index is 0.0103. The molecule has 1 aliphatic rings. The van der Waals surface area contributed by atoms with Crippen molar-refractivity contribution in [1.29, 1.82) is 0 Å². The highest BCUT2D eigenvalue weighted by Crippen LogP contribution is 2.40. The van der Waals surface area contributed by atoms with Gasteiger partial charge in [-0.1, -0.05) is 71.9 Å². The molecule has 2 N–H and O–H groups in total. The Morgan fingerprint density at radius 2 is 1.55 bits per heavy atom. The Morgan fingerprint density at radius 1 is 0.909 bits per heavy atom. The minimum Gasteiger partial charge on any atom is -0.507 e. The van der Waals surface area contributed by atoms with Crippen molar-refractivity contribution in [1.82, 2.24) is 4.98 Å². The number of nitro benzene ring substituents is 1. The van der Waals surface area contributed by atoms with E-state index < -0.39 is 22.4 Å². The fourth-order valence-corrected chi connectivity index (χ4v) is 5.64. The van der Waals surface area contributed by atoms with Crippen LogP contribution in [0, 0.1) is 10.1 Å². The molecule has 0 bridgehead atoms. The van der Waals surface area contributed by atoms with Gasteiger partial charge in [0.1, 0.15) is 11.7 Å². The second-order valence-corrected chi connectivity index (χ2v) is 13.3. The van der Waals surface area contributed by atoms with Crippen molar-refractivity contribution in [3.8, 4) is 5.75 Å². The summed E-state index contributed by atoms with van der Waals surface area (Å²) in [5.74, 6) is -2.17. The SMILES string of the molecule is CC(C)(C)c1cc(CCC(=O)Nc2cccc3ccc(C4C(=O)c5ccc([N+](=O)[O-])cc5C4=O)nc23)cc(C(C)(C)C)c1O. The van der Waals surface area contributed by atoms with Gasteiger partial charge in [-0.15, -0.1) is 0 Å². The Balaban J connectivity index is 1.40. The number of phenols is 1. The van der Waals surface area contributed by atoms with Gasteiger partial charge in [-0.3, -0.25) is 24.5 Å². The molecule has 0 spiro atoms. The van der Waals surface area contributed by atoms with E-state index >= 15 is 0 Å². The summed E-state index contributed by atoms with van der Waals surface area (Å²) in [7, 11) is 0. The van der Waals surface area contributed by atoms with Gasteiger partial charge in [0.05, 0.1) is 21.8 Å². The Morgan fingerprint density at radius 3 is 2.16 bits per heavy atom. The summed E-state index contributed by atoms with van der Waals surface area (Å²) in [6, 6.07) is 16.2. The highest BCUT2D eigenvalue weighted by molar-refractivity contribution is 6.29. The lowest BCUT2D eigenvalue weighted by Gasteiger charge is -2.28. The number of anilines is 1. The van der Waals surface area contributed by atoms with Crippen LogP contribution in [-0.2, 0) is 22.0 Å². The number of phenolic OH excluding ortho intramolecular Hbond substituents is 1. The third-order valence-electron chi connectivity index (χ3n) is 8.01. The summed E-state index contributed by atoms with van der Waals surface area (Å²) in [5, 5.41) is 25.9. The van der Waals surface area contributed by atoms with Gasteiger partial charge in [-0.25, -0.2) is 4.98 Å². The average molecular weight is 594 g/mol. The quantitative estimate of drug-likeness (QED) is 0.137. The van der Waals surface area contributed by atoms with Crippen molar-refractivity contribution in [2.45, 2.75) is 71.1 Å². The standard InChI is InChI=1S/C35H35N3O6/c1-34(2,3)24-16-19(17-25(33(24)42)35(4,5)6)10-15-28(39)36-27-9-7-8-20-11-14-26(37-30(20)27)29-31(40)22-13-12-21(38(43)44)18-23(22)32(29)41/h7-9,11-14,16-18,29,42H,10,15H2,1-6H3,(H,36,39). The zero-order valence-electron chi connectivity index (χ0n) is 25.6. The zero-order valence-corrected chi connectivity index (χ0v) is 25.6. The van der Waals surface area contributed by atoms with E-state index in [0.717, 1.165) is 22.8 Å². The van der Waals surface area contributed by atoms with E-state index in [1.54, 1.807) is 24.3 Å². The van der Waals surface area contributed by atoms with E-state index in [0.29, 0.717) is 23.0 Å². The number of aromatic nitrogens is 1. The van der Waals surface area contributed by atoms with Crippen LogP contribution in [-0.4, -0.2) is 32.5 Å². The Labute approximate surface area is 255 Å². The number of para-hydroxylation sites is 1. The van der Waals surface area contributed by atoms with Gasteiger partial charge in [0, 0.05) is 35.1 Å². The first-order chi connectivity index (χ1) is 20.6. The van der Waals surface area contributed by atoms with Crippen LogP contribution in [0.15, 0.2) is 60.7 Å². The van der Waals surface area contributed by atoms with Crippen LogP contribution in [0.2, 0.25) is 0 Å². The number of nitrogens with zero attached hydrogens (tertiary/aromatic N) is 2. The number of ketones is 2. The van der Waals surface area contributed by atoms with Crippen LogP contribution < -0.4 is 5.32 Å². The molecular weight excluding hydrogens is 558 g/mol. The van der Waals surface area contributed by atoms with Gasteiger partial charge < -0.3 is 10.4 Å². The van der Waals surface area contributed by atoms with Gasteiger partial charge in [0.25, 0.3) is 5.69 Å². The first-order valence-corrected chi connectivity index (χ1v) is 14.5. The van der Waals surface area contributed by atoms with Crippen molar-refractivity contribution in [3.05, 3.63) is 104 Å². The van der Waals surface area contributed by atoms with Crippen molar-refractivity contribution >= 4 is 39.8 Å². The summed E-state index contributed by atoms with van der Waals surface area (Å²) in [6.45, 7) is 12.3. The van der Waals surface area contributed by atoms with Gasteiger partial charge in [-0.2, -0.15) is 0 Å². The van der Waals surface area contributed by atoms with Crippen LogP contribution in [0.4, 0.5) is 11.4 Å². The number of hydrogen-bond acceptors (Lipinski definition) is 7. The van der Waals surface area contributed by atoms with Crippen molar-refractivity contribution in [2.75, 3.05) is 5.32 Å². The lowest BCUT2D eigenvalue weighted by molar-refractivity contribution is -0.384. The van der Waals surface area contributed by atoms with Crippen LogP contribution >= 0.6 is 0 Å². The van der Waals surface area contributed by atoms with Gasteiger partial charge in [0.2, 0.25) is 5.91 Å². The highest BCUT2D eigenvalue weighted by Gasteiger charge is 2.41. The lowest BCUT2D eigenvalue weighted by atomic mass is 9.78.